The van der Waals surface area contributed by atoms with Crippen molar-refractivity contribution in [1.29, 1.82) is 0 Å². The van der Waals surface area contributed by atoms with Gasteiger partial charge in [0.1, 0.15) is 11.6 Å². The summed E-state index contributed by atoms with van der Waals surface area (Å²) in [7, 11) is 0. The minimum absolute atomic E-state index is 0.0883. The standard InChI is InChI=1S/C85H49F5N6/c86-67-26-17-27-68(87)83(67)84-81(95-77-46-51(91-69-28-9-1-18-55(69)56-19-2-10-29-70(56)91)36-40-63(77)64-41-37-52(47-78(64)95)92-71-30-11-3-20-57(71)58-21-4-12-31-72(58)92)44-50(85(88,89)90)45-82(84)96-79-48-53(93-73-32-13-5-22-59(73)60-23-6-14-33-74(60)93)38-42-65(79)66-43-39-54(49-80(66)96)94-75-34-15-7-24-61(75)62-25-8-16-35-76(62)94/h1-49H. The first kappa shape index (κ1) is 54.1. The van der Waals surface area contributed by atoms with E-state index in [0.717, 1.165) is 122 Å². The first-order valence-electron chi connectivity index (χ1n) is 31.9. The fraction of sp³-hybridized carbons (Fsp3) is 0.0118. The molecule has 0 amide bonds. The third-order valence-corrected chi connectivity index (χ3v) is 19.9. The summed E-state index contributed by atoms with van der Waals surface area (Å²) >= 11 is 0. The van der Waals surface area contributed by atoms with E-state index in [4.69, 9.17) is 0 Å². The molecule has 0 saturated heterocycles. The first-order chi connectivity index (χ1) is 47.1. The van der Waals surface area contributed by atoms with E-state index in [0.29, 0.717) is 43.6 Å². The van der Waals surface area contributed by atoms with Gasteiger partial charge in [0.25, 0.3) is 0 Å². The monoisotopic (exact) mass is 1250 g/mol. The summed E-state index contributed by atoms with van der Waals surface area (Å²) in [6.07, 6.45) is -5.00. The number of nitrogens with zero attached hydrogens (tertiary/aromatic N) is 6. The van der Waals surface area contributed by atoms with Crippen molar-refractivity contribution in [2.24, 2.45) is 0 Å². The highest BCUT2D eigenvalue weighted by atomic mass is 19.4. The highest BCUT2D eigenvalue weighted by molar-refractivity contribution is 6.17. The van der Waals surface area contributed by atoms with Crippen molar-refractivity contribution in [2.45, 2.75) is 6.18 Å². The molecule has 20 aromatic rings. The molecule has 14 aromatic carbocycles. The lowest BCUT2D eigenvalue weighted by atomic mass is 9.96. The quantitative estimate of drug-likeness (QED) is 0.142. The van der Waals surface area contributed by atoms with Gasteiger partial charge in [-0.2, -0.15) is 13.2 Å². The highest BCUT2D eigenvalue weighted by Crippen LogP contribution is 2.49. The zero-order valence-corrected chi connectivity index (χ0v) is 50.9. The Hall–Kier alpha value is -12.5. The maximum atomic E-state index is 18.1. The molecule has 0 fully saturated rings. The summed E-state index contributed by atoms with van der Waals surface area (Å²) in [5, 5.41) is 11.1. The summed E-state index contributed by atoms with van der Waals surface area (Å²) in [5.41, 5.74) is 10.6. The Morgan fingerprint density at radius 2 is 0.417 bits per heavy atom. The van der Waals surface area contributed by atoms with Crippen molar-refractivity contribution in [2.75, 3.05) is 0 Å². The van der Waals surface area contributed by atoms with E-state index in [-0.39, 0.29) is 16.9 Å². The normalized spacial score (nSPS) is 12.4. The van der Waals surface area contributed by atoms with Crippen LogP contribution in [0.25, 0.3) is 176 Å². The number of rotatable bonds is 7. The van der Waals surface area contributed by atoms with E-state index in [1.807, 2.05) is 179 Å². The number of alkyl halides is 3. The number of fused-ring (bicyclic) bond motifs is 18. The largest absolute Gasteiger partial charge is 0.416 e. The Morgan fingerprint density at radius 1 is 0.198 bits per heavy atom. The molecule has 6 aromatic heterocycles. The fourth-order valence-corrected chi connectivity index (χ4v) is 16.0. The predicted molar refractivity (Wildman–Crippen MR) is 383 cm³/mol. The van der Waals surface area contributed by atoms with E-state index in [1.54, 1.807) is 0 Å². The van der Waals surface area contributed by atoms with E-state index >= 15 is 22.0 Å². The smallest absolute Gasteiger partial charge is 0.309 e. The number of aromatic nitrogens is 6. The molecule has 0 N–H and O–H groups in total. The highest BCUT2D eigenvalue weighted by Gasteiger charge is 2.36. The van der Waals surface area contributed by atoms with Crippen LogP contribution in [-0.4, -0.2) is 27.4 Å². The van der Waals surface area contributed by atoms with Crippen molar-refractivity contribution >= 4 is 131 Å². The van der Waals surface area contributed by atoms with Gasteiger partial charge in [0.05, 0.1) is 88.7 Å². The lowest BCUT2D eigenvalue weighted by Gasteiger charge is -2.23. The molecule has 454 valence electrons. The Morgan fingerprint density at radius 3 is 0.646 bits per heavy atom. The molecule has 20 rings (SSSR count). The van der Waals surface area contributed by atoms with E-state index in [9.17, 15) is 0 Å². The van der Waals surface area contributed by atoms with Gasteiger partial charge in [-0.3, -0.25) is 0 Å². The number of hydrogen-bond donors (Lipinski definition) is 0. The molecule has 6 heterocycles. The number of para-hydroxylation sites is 8. The third-order valence-electron chi connectivity index (χ3n) is 19.9. The minimum atomic E-state index is -5.00. The molecule has 0 spiro atoms. The zero-order chi connectivity index (χ0) is 63.8. The molecule has 0 radical (unpaired) electrons. The second-order valence-corrected chi connectivity index (χ2v) is 24.9. The number of hydrogen-bond acceptors (Lipinski definition) is 0. The van der Waals surface area contributed by atoms with Gasteiger partial charge >= 0.3 is 6.18 Å². The molecular formula is C85H49F5N6. The first-order valence-corrected chi connectivity index (χ1v) is 31.9. The second-order valence-electron chi connectivity index (χ2n) is 24.9. The average molecular weight is 1250 g/mol. The maximum absolute atomic E-state index is 18.1. The van der Waals surface area contributed by atoms with E-state index in [2.05, 4.69) is 115 Å². The van der Waals surface area contributed by atoms with Crippen LogP contribution in [0, 0.1) is 11.6 Å². The van der Waals surface area contributed by atoms with Crippen molar-refractivity contribution in [3.8, 4) is 45.3 Å². The molecule has 0 atom stereocenters. The molecule has 11 heteroatoms. The molecule has 0 aliphatic carbocycles. The molecule has 6 nitrogen and oxygen atoms in total. The van der Waals surface area contributed by atoms with Crippen molar-refractivity contribution < 1.29 is 22.0 Å². The molecule has 0 saturated carbocycles. The van der Waals surface area contributed by atoms with Crippen LogP contribution in [0.4, 0.5) is 22.0 Å². The Labute approximate surface area is 543 Å². The van der Waals surface area contributed by atoms with Gasteiger partial charge in [-0.1, -0.05) is 176 Å². The third kappa shape index (κ3) is 7.61. The van der Waals surface area contributed by atoms with Crippen molar-refractivity contribution in [1.82, 2.24) is 27.4 Å². The minimum Gasteiger partial charge on any atom is -0.309 e. The Kier molecular flexibility index (Phi) is 11.3. The maximum Gasteiger partial charge on any atom is 0.416 e. The summed E-state index contributed by atoms with van der Waals surface area (Å²) in [4.78, 5) is 0. The van der Waals surface area contributed by atoms with Gasteiger partial charge in [-0.15, -0.1) is 0 Å². The van der Waals surface area contributed by atoms with Gasteiger partial charge in [0.15, 0.2) is 0 Å². The summed E-state index contributed by atoms with van der Waals surface area (Å²) < 4.78 is 99.4. The zero-order valence-electron chi connectivity index (χ0n) is 50.9. The van der Waals surface area contributed by atoms with Crippen molar-refractivity contribution in [3.63, 3.8) is 0 Å². The molecule has 0 unspecified atom stereocenters. The molecule has 96 heavy (non-hydrogen) atoms. The SMILES string of the molecule is Fc1cccc(F)c1-c1c(-n2c3cc(-n4c5ccccc5c5ccccc54)ccc3c3ccc(-n4c5ccccc5c5ccccc54)cc32)cc(C(F)(F)F)cc1-n1c2cc(-n3c4ccccc4c4ccccc43)ccc2c2ccc(-n3c4ccccc4c4ccccc43)cc21. The van der Waals surface area contributed by atoms with Crippen LogP contribution in [0.1, 0.15) is 5.56 Å². The lowest BCUT2D eigenvalue weighted by Crippen LogP contribution is -2.12. The summed E-state index contributed by atoms with van der Waals surface area (Å²) in [6.45, 7) is 0. The second kappa shape index (κ2) is 20.0. The van der Waals surface area contributed by atoms with Crippen LogP contribution in [0.2, 0.25) is 0 Å². The molecule has 0 bridgehead atoms. The summed E-state index contributed by atoms with van der Waals surface area (Å²) in [6, 6.07) is 95.4. The van der Waals surface area contributed by atoms with Gasteiger partial charge in [0, 0.05) is 92.9 Å². The van der Waals surface area contributed by atoms with Crippen molar-refractivity contribution in [3.05, 3.63) is 314 Å². The lowest BCUT2D eigenvalue weighted by molar-refractivity contribution is -0.137. The van der Waals surface area contributed by atoms with Gasteiger partial charge in [-0.25, -0.2) is 8.78 Å². The summed E-state index contributed by atoms with van der Waals surface area (Å²) in [5.74, 6) is -1.90. The molecule has 0 aliphatic heterocycles. The Bertz CT molecular complexity index is 5800. The molecule has 0 aliphatic rings. The fourth-order valence-electron chi connectivity index (χ4n) is 16.0. The van der Waals surface area contributed by atoms with Crippen LogP contribution in [0.15, 0.2) is 297 Å². The van der Waals surface area contributed by atoms with Crippen LogP contribution < -0.4 is 0 Å². The number of benzene rings is 14. The average Bonchev–Trinajstić information content (AvgIpc) is 1.32. The topological polar surface area (TPSA) is 29.6 Å². The number of halogens is 5. The predicted octanol–water partition coefficient (Wildman–Crippen LogP) is 23.2. The van der Waals surface area contributed by atoms with Crippen LogP contribution in [-0.2, 0) is 6.18 Å². The van der Waals surface area contributed by atoms with Crippen LogP contribution >= 0.6 is 0 Å². The van der Waals surface area contributed by atoms with Crippen LogP contribution in [0.5, 0.6) is 0 Å². The molecular weight excluding hydrogens is 1200 g/mol. The van der Waals surface area contributed by atoms with Gasteiger partial charge in [0.2, 0.25) is 0 Å². The van der Waals surface area contributed by atoms with Gasteiger partial charge in [-0.05, 0) is 121 Å². The van der Waals surface area contributed by atoms with E-state index in [1.165, 1.54) is 18.2 Å². The van der Waals surface area contributed by atoms with Crippen LogP contribution in [0.3, 0.4) is 0 Å². The van der Waals surface area contributed by atoms with E-state index < -0.39 is 28.9 Å². The Balaban J connectivity index is 0.969. The van der Waals surface area contributed by atoms with Gasteiger partial charge < -0.3 is 27.4 Å².